The van der Waals surface area contributed by atoms with Crippen molar-refractivity contribution in [2.24, 2.45) is 33.5 Å². The Balaban J connectivity index is -0.000000280. The monoisotopic (exact) mass is 1040 g/mol. The first-order chi connectivity index (χ1) is 31.5. The van der Waals surface area contributed by atoms with Crippen molar-refractivity contribution in [3.63, 3.8) is 0 Å². The van der Waals surface area contributed by atoms with Crippen molar-refractivity contribution in [2.45, 2.75) is 297 Å². The Morgan fingerprint density at radius 3 is 0.767 bits per heavy atom. The maximum absolute atomic E-state index is 11.4. The molecule has 0 aromatic carbocycles. The molecule has 73 heavy (non-hydrogen) atoms. The second-order valence-corrected chi connectivity index (χ2v) is 27.8. The summed E-state index contributed by atoms with van der Waals surface area (Å²) in [4.78, 5) is 45.5. The van der Waals surface area contributed by atoms with E-state index in [-0.39, 0.29) is 77.9 Å². The average molecular weight is 1040 g/mol. The minimum absolute atomic E-state index is 0. The van der Waals surface area contributed by atoms with E-state index in [1.165, 1.54) is 27.7 Å². The molecule has 0 aromatic rings. The van der Waals surface area contributed by atoms with Crippen molar-refractivity contribution in [1.29, 1.82) is 0 Å². The van der Waals surface area contributed by atoms with Crippen molar-refractivity contribution in [3.8, 4) is 0 Å². The lowest BCUT2D eigenvalue weighted by molar-refractivity contribution is -0.122. The number of hydrogen-bond donors (Lipinski definition) is 6. The molecule has 0 spiro atoms. The second-order valence-electron chi connectivity index (χ2n) is 27.8. The standard InChI is InChI=1S/C16H30O3.C16H30O2.C15H28O3.C15H28O2.CH4/c1-12(17)11-16(19,13(2)14(3,4)5)10-8-9-15(6,7)18;1-12(2)9-8-10-16(18,11-13(3)17)14(4)15(5,6)7;1-11(16)10-15(18,9-8-14(6,7)17)12(2)13(3,4)5;1-11(2)8-9-15(17,10-12(3)16)13(4)14(5,6)7;/h18-19H,2,8-11H2,1,3-7H3;12,18H,4,8-11H2,1-3,5-7H3;17-18H,2,8-10H2,1,3-7H3;11,17H,4,8-10H2,1-3,5-7H3;1H4/t2*16-;2*15-;/m1111./s1. The first-order valence-corrected chi connectivity index (χ1v) is 26.6. The SMILES string of the molecule is C.C=C(C(C)(C)C)[C@@](O)(CCC(C)(C)O)CC(C)=O.C=C(C(C)(C)C)[C@@](O)(CCC(C)C)CC(C)=O.C=C(C(C)(C)C)[C@@](O)(CCCC(C)(C)O)CC(C)=O.C=C(C(C)(C)C)[C@@](O)(CCCC(C)C)CC(C)=O. The first kappa shape index (κ1) is 79.3. The molecule has 0 amide bonds. The predicted molar refractivity (Wildman–Crippen MR) is 311 cm³/mol. The van der Waals surface area contributed by atoms with E-state index >= 15 is 0 Å². The summed E-state index contributed by atoms with van der Waals surface area (Å²) in [6.45, 7) is 61.5. The van der Waals surface area contributed by atoms with Crippen LogP contribution < -0.4 is 0 Å². The van der Waals surface area contributed by atoms with Gasteiger partial charge in [0.15, 0.2) is 0 Å². The summed E-state index contributed by atoms with van der Waals surface area (Å²) in [7, 11) is 0. The van der Waals surface area contributed by atoms with Gasteiger partial charge in [-0.1, -0.05) is 151 Å². The van der Waals surface area contributed by atoms with E-state index in [4.69, 9.17) is 0 Å². The molecule has 6 N–H and O–H groups in total. The van der Waals surface area contributed by atoms with Crippen LogP contribution in [0.3, 0.4) is 0 Å². The van der Waals surface area contributed by atoms with Crippen molar-refractivity contribution >= 4 is 23.1 Å². The highest BCUT2D eigenvalue weighted by Gasteiger charge is 2.41. The minimum atomic E-state index is -1.23. The molecule has 0 aliphatic carbocycles. The molecule has 0 saturated carbocycles. The molecule has 0 heterocycles. The van der Waals surface area contributed by atoms with Gasteiger partial charge in [-0.2, -0.15) is 0 Å². The van der Waals surface area contributed by atoms with Gasteiger partial charge >= 0.3 is 0 Å². The Kier molecular flexibility index (Phi) is 34.3. The maximum Gasteiger partial charge on any atom is 0.133 e. The third-order valence-corrected chi connectivity index (χ3v) is 13.1. The van der Waals surface area contributed by atoms with Crippen LogP contribution in [-0.2, 0) is 19.2 Å². The summed E-state index contributed by atoms with van der Waals surface area (Å²) >= 11 is 0. The van der Waals surface area contributed by atoms with E-state index in [0.29, 0.717) is 67.9 Å². The number of ketones is 4. The molecule has 0 unspecified atom stereocenters. The molecule has 0 radical (unpaired) electrons. The number of Topliss-reactive ketones (excluding diaryl/α,β-unsaturated/α-hetero) is 4. The van der Waals surface area contributed by atoms with E-state index in [1.807, 2.05) is 83.1 Å². The van der Waals surface area contributed by atoms with Crippen LogP contribution in [-0.4, -0.2) is 87.4 Å². The van der Waals surface area contributed by atoms with Gasteiger partial charge in [0.25, 0.3) is 0 Å². The zero-order valence-corrected chi connectivity index (χ0v) is 51.2. The topological polar surface area (TPSA) is 190 Å². The fourth-order valence-electron chi connectivity index (χ4n) is 8.48. The van der Waals surface area contributed by atoms with Crippen LogP contribution in [0.25, 0.3) is 0 Å². The summed E-state index contributed by atoms with van der Waals surface area (Å²) in [6, 6.07) is 0. The lowest BCUT2D eigenvalue weighted by Crippen LogP contribution is -2.40. The number of carbonyl (C=O) groups excluding carboxylic acids is 4. The Hall–Kier alpha value is -2.60. The minimum Gasteiger partial charge on any atom is -0.390 e. The van der Waals surface area contributed by atoms with Gasteiger partial charge in [-0.15, -0.1) is 0 Å². The smallest absolute Gasteiger partial charge is 0.133 e. The van der Waals surface area contributed by atoms with Crippen LogP contribution in [0.4, 0.5) is 0 Å². The molecular formula is C63H120O10. The highest BCUT2D eigenvalue weighted by atomic mass is 16.3. The molecule has 10 nitrogen and oxygen atoms in total. The van der Waals surface area contributed by atoms with Gasteiger partial charge in [-0.3, -0.25) is 19.2 Å². The van der Waals surface area contributed by atoms with Gasteiger partial charge in [-0.05, 0) is 169 Å². The molecule has 10 heteroatoms. The number of carbonyl (C=O) groups is 4. The van der Waals surface area contributed by atoms with Gasteiger partial charge < -0.3 is 30.6 Å². The first-order valence-electron chi connectivity index (χ1n) is 26.6. The molecule has 432 valence electrons. The molecule has 0 aromatic heterocycles. The summed E-state index contributed by atoms with van der Waals surface area (Å²) < 4.78 is 0. The van der Waals surface area contributed by atoms with Crippen LogP contribution in [0.2, 0.25) is 0 Å². The van der Waals surface area contributed by atoms with E-state index in [1.54, 1.807) is 27.7 Å². The van der Waals surface area contributed by atoms with Crippen molar-refractivity contribution in [3.05, 3.63) is 48.6 Å². The van der Waals surface area contributed by atoms with E-state index in [9.17, 15) is 49.8 Å². The van der Waals surface area contributed by atoms with Crippen LogP contribution in [0.15, 0.2) is 48.6 Å². The Bertz CT molecular complexity index is 1740. The quantitative estimate of drug-likeness (QED) is 0.0455. The van der Waals surface area contributed by atoms with E-state index in [0.717, 1.165) is 30.4 Å². The molecule has 4 atom stereocenters. The van der Waals surface area contributed by atoms with Gasteiger partial charge in [0.1, 0.15) is 23.1 Å². The lowest BCUT2D eigenvalue weighted by Gasteiger charge is -2.38. The van der Waals surface area contributed by atoms with Gasteiger partial charge in [-0.25, -0.2) is 0 Å². The van der Waals surface area contributed by atoms with E-state index < -0.39 is 33.6 Å². The molecule has 0 aliphatic heterocycles. The molecule has 0 saturated heterocycles. The molecular weight excluding hydrogens is 917 g/mol. The molecule has 0 bridgehead atoms. The van der Waals surface area contributed by atoms with Crippen LogP contribution in [0.1, 0.15) is 263 Å². The number of rotatable bonds is 26. The Morgan fingerprint density at radius 1 is 0.342 bits per heavy atom. The predicted octanol–water partition coefficient (Wildman–Crippen LogP) is 14.6. The van der Waals surface area contributed by atoms with Crippen LogP contribution in [0, 0.1) is 33.5 Å². The molecule has 0 fully saturated rings. The third-order valence-electron chi connectivity index (χ3n) is 13.1. The molecule has 0 aliphatic rings. The fraction of sp³-hybridized carbons (Fsp3) is 0.810. The second kappa shape index (κ2) is 31.6. The Morgan fingerprint density at radius 2 is 0.562 bits per heavy atom. The maximum atomic E-state index is 11.4. The summed E-state index contributed by atoms with van der Waals surface area (Å²) in [5.41, 5.74) is -4.11. The van der Waals surface area contributed by atoms with Gasteiger partial charge in [0.05, 0.1) is 33.6 Å². The highest BCUT2D eigenvalue weighted by molar-refractivity contribution is 5.78. The summed E-state index contributed by atoms with van der Waals surface area (Å²) in [6.07, 6.45) is 7.09. The average Bonchev–Trinajstić information content (AvgIpc) is 3.12. The summed E-state index contributed by atoms with van der Waals surface area (Å²) in [5, 5.41) is 62.5. The van der Waals surface area contributed by atoms with Crippen molar-refractivity contribution in [1.82, 2.24) is 0 Å². The fourth-order valence-corrected chi connectivity index (χ4v) is 8.48. The largest absolute Gasteiger partial charge is 0.390 e. The van der Waals surface area contributed by atoms with Crippen LogP contribution in [0.5, 0.6) is 0 Å². The highest BCUT2D eigenvalue weighted by Crippen LogP contribution is 2.42. The van der Waals surface area contributed by atoms with Gasteiger partial charge in [0, 0.05) is 25.7 Å². The van der Waals surface area contributed by atoms with E-state index in [2.05, 4.69) is 54.0 Å². The van der Waals surface area contributed by atoms with Gasteiger partial charge in [0.2, 0.25) is 0 Å². The Labute approximate surface area is 450 Å². The van der Waals surface area contributed by atoms with Crippen LogP contribution >= 0.6 is 0 Å². The normalized spacial score (nSPS) is 15.7. The zero-order chi connectivity index (χ0) is 58.7. The third kappa shape index (κ3) is 36.1. The zero-order valence-electron chi connectivity index (χ0n) is 51.2. The number of aliphatic hydroxyl groups is 6. The lowest BCUT2D eigenvalue weighted by atomic mass is 9.72. The van der Waals surface area contributed by atoms with Crippen molar-refractivity contribution in [2.75, 3.05) is 0 Å². The number of hydrogen-bond acceptors (Lipinski definition) is 10. The molecule has 0 rings (SSSR count). The summed E-state index contributed by atoms with van der Waals surface area (Å²) in [5.74, 6) is 1.06. The van der Waals surface area contributed by atoms with Crippen molar-refractivity contribution < 1.29 is 49.8 Å².